The Morgan fingerprint density at radius 1 is 1.21 bits per heavy atom. The van der Waals surface area contributed by atoms with E-state index in [2.05, 4.69) is 15.0 Å². The lowest BCUT2D eigenvalue weighted by Gasteiger charge is -2.22. The summed E-state index contributed by atoms with van der Waals surface area (Å²) < 4.78 is 20.9. The van der Waals surface area contributed by atoms with E-state index < -0.39 is 5.97 Å². The summed E-state index contributed by atoms with van der Waals surface area (Å²) in [5, 5.41) is 2.86. The number of para-hydroxylation sites is 2. The smallest absolute Gasteiger partial charge is 0.360 e. The Labute approximate surface area is 169 Å². The number of nitrogens with one attached hydrogen (secondary N) is 1. The van der Waals surface area contributed by atoms with Crippen LogP contribution in [0.1, 0.15) is 36.6 Å². The number of esters is 1. The molecule has 1 aromatic heterocycles. The lowest BCUT2D eigenvalue weighted by molar-refractivity contribution is 0.0594. The third kappa shape index (κ3) is 6.79. The first-order chi connectivity index (χ1) is 14.1. The van der Waals surface area contributed by atoms with Gasteiger partial charge in [-0.05, 0) is 32.4 Å². The molecule has 2 rings (SSSR count). The third-order valence-corrected chi connectivity index (χ3v) is 3.91. The highest BCUT2D eigenvalue weighted by atomic mass is 16.5. The van der Waals surface area contributed by atoms with Crippen LogP contribution in [0.25, 0.3) is 0 Å². The Morgan fingerprint density at radius 3 is 2.72 bits per heavy atom. The molecule has 2 amide bonds. The minimum Gasteiger partial charge on any atom is -0.492 e. The molecule has 0 bridgehead atoms. The van der Waals surface area contributed by atoms with Crippen LogP contribution in [-0.4, -0.2) is 55.4 Å². The summed E-state index contributed by atoms with van der Waals surface area (Å²) in [6.07, 6.45) is 1.85. The third-order valence-electron chi connectivity index (χ3n) is 3.91. The Balaban J connectivity index is 2.10. The number of carbonyl (C=O) groups is 2. The normalized spacial score (nSPS) is 10.4. The standard InChI is InChI=1S/C20H27N3O6/c1-4-27-12-8-11-23(13-18-21-16(14-29-18)19(24)26-3)20(25)22-15-9-6-7-10-17(15)28-5-2/h6-7,9-10,14H,4-5,8,11-13H2,1-3H3,(H,22,25). The fourth-order valence-electron chi connectivity index (χ4n) is 2.54. The van der Waals surface area contributed by atoms with Crippen LogP contribution in [0.2, 0.25) is 0 Å². The number of urea groups is 1. The fraction of sp³-hybridized carbons (Fsp3) is 0.450. The second-order valence-corrected chi connectivity index (χ2v) is 5.95. The summed E-state index contributed by atoms with van der Waals surface area (Å²) in [7, 11) is 1.26. The lowest BCUT2D eigenvalue weighted by Crippen LogP contribution is -2.36. The predicted octanol–water partition coefficient (Wildman–Crippen LogP) is 3.32. The first-order valence-corrected chi connectivity index (χ1v) is 9.47. The van der Waals surface area contributed by atoms with Gasteiger partial charge in [-0.1, -0.05) is 12.1 Å². The highest BCUT2D eigenvalue weighted by Crippen LogP contribution is 2.24. The molecule has 0 fully saturated rings. The van der Waals surface area contributed by atoms with Crippen molar-refractivity contribution in [3.63, 3.8) is 0 Å². The molecule has 29 heavy (non-hydrogen) atoms. The van der Waals surface area contributed by atoms with Crippen molar-refractivity contribution in [1.29, 1.82) is 0 Å². The van der Waals surface area contributed by atoms with Gasteiger partial charge in [0.2, 0.25) is 5.89 Å². The summed E-state index contributed by atoms with van der Waals surface area (Å²) in [5.41, 5.74) is 0.621. The quantitative estimate of drug-likeness (QED) is 0.452. The van der Waals surface area contributed by atoms with Gasteiger partial charge in [0.15, 0.2) is 5.69 Å². The van der Waals surface area contributed by atoms with Gasteiger partial charge in [0, 0.05) is 19.8 Å². The number of hydrogen-bond acceptors (Lipinski definition) is 7. The molecule has 2 aromatic rings. The van der Waals surface area contributed by atoms with E-state index in [4.69, 9.17) is 13.9 Å². The number of amides is 2. The zero-order valence-electron chi connectivity index (χ0n) is 17.0. The molecule has 0 unspecified atom stereocenters. The Kier molecular flexibility index (Phi) is 8.97. The van der Waals surface area contributed by atoms with Gasteiger partial charge in [-0.3, -0.25) is 0 Å². The Hall–Kier alpha value is -3.07. The molecule has 0 spiro atoms. The molecule has 0 saturated heterocycles. The number of anilines is 1. The van der Waals surface area contributed by atoms with E-state index in [0.29, 0.717) is 44.2 Å². The highest BCUT2D eigenvalue weighted by Gasteiger charge is 2.20. The van der Waals surface area contributed by atoms with Gasteiger partial charge >= 0.3 is 12.0 Å². The number of aromatic nitrogens is 1. The summed E-state index contributed by atoms with van der Waals surface area (Å²) in [6.45, 7) is 5.91. The van der Waals surface area contributed by atoms with E-state index in [9.17, 15) is 9.59 Å². The van der Waals surface area contributed by atoms with Crippen molar-refractivity contribution in [3.8, 4) is 5.75 Å². The maximum atomic E-state index is 12.9. The maximum Gasteiger partial charge on any atom is 0.360 e. The predicted molar refractivity (Wildman–Crippen MR) is 106 cm³/mol. The van der Waals surface area contributed by atoms with Gasteiger partial charge < -0.3 is 28.8 Å². The number of carbonyl (C=O) groups excluding carboxylic acids is 2. The minimum absolute atomic E-state index is 0.0545. The number of methoxy groups -OCH3 is 1. The van der Waals surface area contributed by atoms with Crippen LogP contribution in [-0.2, 0) is 16.0 Å². The molecule has 0 atom stereocenters. The fourth-order valence-corrected chi connectivity index (χ4v) is 2.54. The Bertz CT molecular complexity index is 792. The molecule has 0 aliphatic carbocycles. The zero-order valence-corrected chi connectivity index (χ0v) is 17.0. The van der Waals surface area contributed by atoms with Crippen LogP contribution in [0.3, 0.4) is 0 Å². The lowest BCUT2D eigenvalue weighted by atomic mass is 10.3. The number of hydrogen-bond donors (Lipinski definition) is 1. The van der Waals surface area contributed by atoms with Gasteiger partial charge in [-0.15, -0.1) is 0 Å². The van der Waals surface area contributed by atoms with Crippen molar-refractivity contribution in [2.45, 2.75) is 26.8 Å². The first-order valence-electron chi connectivity index (χ1n) is 9.47. The van der Waals surface area contributed by atoms with Gasteiger partial charge in [0.1, 0.15) is 12.0 Å². The number of oxazole rings is 1. The molecule has 9 nitrogen and oxygen atoms in total. The SMILES string of the molecule is CCOCCCN(Cc1nc(C(=O)OC)co1)C(=O)Nc1ccccc1OCC. The average Bonchev–Trinajstić information content (AvgIpc) is 3.20. The van der Waals surface area contributed by atoms with Crippen molar-refractivity contribution in [3.05, 3.63) is 42.1 Å². The first kappa shape index (κ1) is 22.2. The van der Waals surface area contributed by atoms with Crippen LogP contribution in [0.5, 0.6) is 5.75 Å². The summed E-state index contributed by atoms with van der Waals surface area (Å²) >= 11 is 0. The van der Waals surface area contributed by atoms with Gasteiger partial charge in [0.25, 0.3) is 0 Å². The van der Waals surface area contributed by atoms with E-state index >= 15 is 0 Å². The molecule has 0 saturated carbocycles. The number of nitrogens with zero attached hydrogens (tertiary/aromatic N) is 2. The van der Waals surface area contributed by atoms with E-state index in [1.165, 1.54) is 18.3 Å². The van der Waals surface area contributed by atoms with E-state index in [1.54, 1.807) is 12.1 Å². The second-order valence-electron chi connectivity index (χ2n) is 5.95. The molecular formula is C20H27N3O6. The topological polar surface area (TPSA) is 103 Å². The second kappa shape index (κ2) is 11.7. The van der Waals surface area contributed by atoms with Crippen LogP contribution < -0.4 is 10.1 Å². The highest BCUT2D eigenvalue weighted by molar-refractivity contribution is 5.91. The van der Waals surface area contributed by atoms with Crippen molar-refractivity contribution in [1.82, 2.24) is 9.88 Å². The van der Waals surface area contributed by atoms with Gasteiger partial charge in [-0.2, -0.15) is 0 Å². The Morgan fingerprint density at radius 2 is 2.00 bits per heavy atom. The number of rotatable bonds is 11. The van der Waals surface area contributed by atoms with Crippen molar-refractivity contribution >= 4 is 17.7 Å². The number of benzene rings is 1. The molecule has 1 aromatic carbocycles. The monoisotopic (exact) mass is 405 g/mol. The largest absolute Gasteiger partial charge is 0.492 e. The molecule has 9 heteroatoms. The van der Waals surface area contributed by atoms with E-state index in [-0.39, 0.29) is 24.2 Å². The molecule has 0 aliphatic heterocycles. The summed E-state index contributed by atoms with van der Waals surface area (Å²) in [4.78, 5) is 30.1. The minimum atomic E-state index is -0.599. The van der Waals surface area contributed by atoms with Gasteiger partial charge in [0.05, 0.1) is 25.9 Å². The molecule has 158 valence electrons. The molecular weight excluding hydrogens is 378 g/mol. The van der Waals surface area contributed by atoms with E-state index in [1.807, 2.05) is 26.0 Å². The van der Waals surface area contributed by atoms with Crippen LogP contribution >= 0.6 is 0 Å². The van der Waals surface area contributed by atoms with Crippen LogP contribution in [0.15, 0.2) is 34.9 Å². The molecule has 1 heterocycles. The molecule has 0 aliphatic rings. The van der Waals surface area contributed by atoms with Crippen molar-refractivity contribution < 1.29 is 28.2 Å². The van der Waals surface area contributed by atoms with Crippen molar-refractivity contribution in [2.24, 2.45) is 0 Å². The summed E-state index contributed by atoms with van der Waals surface area (Å²) in [5.74, 6) is 0.217. The number of ether oxygens (including phenoxy) is 3. The molecule has 0 radical (unpaired) electrons. The van der Waals surface area contributed by atoms with E-state index in [0.717, 1.165) is 0 Å². The summed E-state index contributed by atoms with van der Waals surface area (Å²) in [6, 6.07) is 6.86. The van der Waals surface area contributed by atoms with Crippen LogP contribution in [0, 0.1) is 0 Å². The average molecular weight is 405 g/mol. The van der Waals surface area contributed by atoms with Crippen molar-refractivity contribution in [2.75, 3.05) is 38.8 Å². The zero-order chi connectivity index (χ0) is 21.1. The van der Waals surface area contributed by atoms with Gasteiger partial charge in [-0.25, -0.2) is 14.6 Å². The molecule has 1 N–H and O–H groups in total. The maximum absolute atomic E-state index is 12.9. The van der Waals surface area contributed by atoms with Crippen LogP contribution in [0.4, 0.5) is 10.5 Å².